The van der Waals surface area contributed by atoms with Gasteiger partial charge in [0.05, 0.1) is 25.4 Å². The van der Waals surface area contributed by atoms with Gasteiger partial charge in [0.1, 0.15) is 0 Å². The topological polar surface area (TPSA) is 95.9 Å². The lowest BCUT2D eigenvalue weighted by atomic mass is 10.0. The van der Waals surface area contributed by atoms with E-state index in [4.69, 9.17) is 4.74 Å². The lowest BCUT2D eigenvalue weighted by molar-refractivity contribution is -0.143. The van der Waals surface area contributed by atoms with Crippen molar-refractivity contribution in [2.24, 2.45) is 0 Å². The molecule has 0 rings (SSSR count). The van der Waals surface area contributed by atoms with Crippen molar-refractivity contribution in [2.45, 2.75) is 302 Å². The maximum absolute atomic E-state index is 12.4. The summed E-state index contributed by atoms with van der Waals surface area (Å²) in [6.07, 6.45) is 56.5. The van der Waals surface area contributed by atoms with Crippen LogP contribution in [-0.4, -0.2) is 47.4 Å². The maximum atomic E-state index is 12.4. The van der Waals surface area contributed by atoms with Gasteiger partial charge in [-0.15, -0.1) is 0 Å². The summed E-state index contributed by atoms with van der Waals surface area (Å²) in [6.45, 7) is 4.89. The predicted molar refractivity (Wildman–Crippen MR) is 255 cm³/mol. The quantitative estimate of drug-likeness (QED) is 0.0322. The molecule has 0 saturated heterocycles. The van der Waals surface area contributed by atoms with Crippen LogP contribution in [0, 0.1) is 0 Å². The molecule has 0 heterocycles. The minimum atomic E-state index is -0.843. The predicted octanol–water partition coefficient (Wildman–Crippen LogP) is 15.7. The van der Waals surface area contributed by atoms with Crippen LogP contribution in [0.1, 0.15) is 290 Å². The van der Waals surface area contributed by atoms with E-state index in [1.807, 2.05) is 6.08 Å². The van der Waals surface area contributed by atoms with Crippen LogP contribution in [-0.2, 0) is 14.3 Å². The van der Waals surface area contributed by atoms with Crippen molar-refractivity contribution < 1.29 is 24.5 Å². The number of nitrogens with one attached hydrogen (secondary N) is 1. The van der Waals surface area contributed by atoms with E-state index in [0.29, 0.717) is 19.4 Å². The summed E-state index contributed by atoms with van der Waals surface area (Å²) < 4.78 is 5.46. The molecule has 0 bridgehead atoms. The molecule has 2 unspecified atom stereocenters. The largest absolute Gasteiger partial charge is 0.466 e. The van der Waals surface area contributed by atoms with Crippen LogP contribution in [0.2, 0.25) is 0 Å². The molecule has 0 aliphatic heterocycles. The summed E-state index contributed by atoms with van der Waals surface area (Å²) in [5.74, 6) is -0.0625. The number of aliphatic hydroxyl groups excluding tert-OH is 2. The standard InChI is InChI=1S/C53H103NO5/c1-3-5-7-9-11-13-15-27-31-35-39-43-47-53(58)59-48-44-40-36-32-28-24-22-20-18-16-17-19-21-23-26-30-34-38-42-46-52(57)54-50(49-55)51(56)45-41-37-33-29-25-14-12-10-8-6-4-2/h41,45,50-51,55-56H,3-40,42-44,46-49H2,1-2H3,(H,54,57)/b45-41+. The molecule has 0 spiro atoms. The average Bonchev–Trinajstić information content (AvgIpc) is 3.24. The average molecular weight is 834 g/mol. The van der Waals surface area contributed by atoms with Gasteiger partial charge in [0, 0.05) is 12.8 Å². The molecule has 0 fully saturated rings. The van der Waals surface area contributed by atoms with Crippen LogP contribution >= 0.6 is 0 Å². The number of amides is 1. The van der Waals surface area contributed by atoms with Gasteiger partial charge in [-0.3, -0.25) is 9.59 Å². The molecule has 350 valence electrons. The number of carbonyl (C=O) groups is 2. The number of hydrogen-bond donors (Lipinski definition) is 3. The van der Waals surface area contributed by atoms with E-state index in [1.54, 1.807) is 6.08 Å². The Balaban J connectivity index is 3.40. The molecule has 1 amide bonds. The Hall–Kier alpha value is -1.40. The second kappa shape index (κ2) is 49.3. The van der Waals surface area contributed by atoms with Crippen molar-refractivity contribution >= 4 is 11.9 Å². The Kier molecular flexibility index (Phi) is 48.1. The van der Waals surface area contributed by atoms with Gasteiger partial charge in [0.15, 0.2) is 0 Å². The number of aliphatic hydroxyl groups is 2. The first-order valence-electron chi connectivity index (χ1n) is 26.5. The lowest BCUT2D eigenvalue weighted by Gasteiger charge is -2.20. The van der Waals surface area contributed by atoms with E-state index in [9.17, 15) is 19.8 Å². The van der Waals surface area contributed by atoms with E-state index in [2.05, 4.69) is 19.2 Å². The van der Waals surface area contributed by atoms with E-state index < -0.39 is 12.1 Å². The molecule has 3 N–H and O–H groups in total. The van der Waals surface area contributed by atoms with E-state index >= 15 is 0 Å². The summed E-state index contributed by atoms with van der Waals surface area (Å²) in [6, 6.07) is -0.627. The summed E-state index contributed by atoms with van der Waals surface area (Å²) in [7, 11) is 0. The molecule has 6 heteroatoms. The molecular formula is C53H103NO5. The lowest BCUT2D eigenvalue weighted by Crippen LogP contribution is -2.45. The number of ether oxygens (including phenoxy) is 1. The molecule has 59 heavy (non-hydrogen) atoms. The Morgan fingerprint density at radius 1 is 0.458 bits per heavy atom. The van der Waals surface area contributed by atoms with Crippen molar-refractivity contribution in [3.8, 4) is 0 Å². The summed E-state index contributed by atoms with van der Waals surface area (Å²) >= 11 is 0. The highest BCUT2D eigenvalue weighted by molar-refractivity contribution is 5.76. The van der Waals surface area contributed by atoms with Gasteiger partial charge in [-0.2, -0.15) is 0 Å². The molecule has 0 aromatic heterocycles. The zero-order valence-corrected chi connectivity index (χ0v) is 39.7. The van der Waals surface area contributed by atoms with Crippen LogP contribution in [0.5, 0.6) is 0 Å². The molecule has 0 aliphatic rings. The van der Waals surface area contributed by atoms with E-state index in [0.717, 1.165) is 38.5 Å². The highest BCUT2D eigenvalue weighted by Crippen LogP contribution is 2.17. The van der Waals surface area contributed by atoms with Crippen molar-refractivity contribution in [2.75, 3.05) is 13.2 Å². The molecule has 0 saturated carbocycles. The van der Waals surface area contributed by atoms with Crippen LogP contribution in [0.4, 0.5) is 0 Å². The van der Waals surface area contributed by atoms with Crippen molar-refractivity contribution in [3.63, 3.8) is 0 Å². The third-order valence-electron chi connectivity index (χ3n) is 12.3. The molecular weight excluding hydrogens is 731 g/mol. The zero-order valence-electron chi connectivity index (χ0n) is 39.7. The Morgan fingerprint density at radius 2 is 0.780 bits per heavy atom. The van der Waals surface area contributed by atoms with Gasteiger partial charge in [-0.25, -0.2) is 0 Å². The third kappa shape index (κ3) is 45.9. The third-order valence-corrected chi connectivity index (χ3v) is 12.3. The Bertz CT molecular complexity index is 878. The zero-order chi connectivity index (χ0) is 43.0. The summed E-state index contributed by atoms with van der Waals surface area (Å²) in [5, 5.41) is 23.0. The minimum absolute atomic E-state index is 0.00891. The molecule has 6 nitrogen and oxygen atoms in total. The molecule has 0 radical (unpaired) electrons. The first-order chi connectivity index (χ1) is 29.0. The summed E-state index contributed by atoms with van der Waals surface area (Å²) in [5.41, 5.74) is 0. The number of rotatable bonds is 49. The number of carbonyl (C=O) groups excluding carboxylic acids is 2. The van der Waals surface area contributed by atoms with Gasteiger partial charge >= 0.3 is 5.97 Å². The smallest absolute Gasteiger partial charge is 0.305 e. The van der Waals surface area contributed by atoms with E-state index in [1.165, 1.54) is 225 Å². The number of hydrogen-bond acceptors (Lipinski definition) is 5. The fraction of sp³-hybridized carbons (Fsp3) is 0.925. The maximum Gasteiger partial charge on any atom is 0.305 e. The minimum Gasteiger partial charge on any atom is -0.466 e. The number of unbranched alkanes of at least 4 members (excludes halogenated alkanes) is 38. The number of esters is 1. The van der Waals surface area contributed by atoms with E-state index in [-0.39, 0.29) is 18.5 Å². The van der Waals surface area contributed by atoms with Gasteiger partial charge < -0.3 is 20.3 Å². The second-order valence-corrected chi connectivity index (χ2v) is 18.2. The fourth-order valence-electron chi connectivity index (χ4n) is 8.22. The Morgan fingerprint density at radius 3 is 1.15 bits per heavy atom. The normalized spacial score (nSPS) is 12.7. The van der Waals surface area contributed by atoms with Crippen LogP contribution in [0.25, 0.3) is 0 Å². The SMILES string of the molecule is CCCCCCCCCCC/C=C/C(O)C(CO)NC(=O)CCCCCCCCCCCCCCCCCCCCCOC(=O)CCCCCCCCCCCCCC. The van der Waals surface area contributed by atoms with Gasteiger partial charge in [0.2, 0.25) is 5.91 Å². The number of allylic oxidation sites excluding steroid dienone is 1. The van der Waals surface area contributed by atoms with Crippen molar-refractivity contribution in [1.82, 2.24) is 5.32 Å². The van der Waals surface area contributed by atoms with Crippen molar-refractivity contribution in [3.05, 3.63) is 12.2 Å². The first kappa shape index (κ1) is 57.6. The van der Waals surface area contributed by atoms with Crippen LogP contribution in [0.15, 0.2) is 12.2 Å². The fourth-order valence-corrected chi connectivity index (χ4v) is 8.22. The molecule has 0 aromatic rings. The molecule has 2 atom stereocenters. The van der Waals surface area contributed by atoms with Gasteiger partial charge in [0.25, 0.3) is 0 Å². The second-order valence-electron chi connectivity index (χ2n) is 18.2. The first-order valence-corrected chi connectivity index (χ1v) is 26.5. The van der Waals surface area contributed by atoms with Gasteiger partial charge in [-0.05, 0) is 32.1 Å². The summed E-state index contributed by atoms with van der Waals surface area (Å²) in [4.78, 5) is 24.4. The van der Waals surface area contributed by atoms with Crippen molar-refractivity contribution in [1.29, 1.82) is 0 Å². The Labute approximate surface area is 368 Å². The van der Waals surface area contributed by atoms with Crippen LogP contribution in [0.3, 0.4) is 0 Å². The highest BCUT2D eigenvalue weighted by Gasteiger charge is 2.18. The monoisotopic (exact) mass is 834 g/mol. The molecule has 0 aromatic carbocycles. The highest BCUT2D eigenvalue weighted by atomic mass is 16.5. The van der Waals surface area contributed by atoms with Crippen LogP contribution < -0.4 is 5.32 Å². The molecule has 0 aliphatic carbocycles. The van der Waals surface area contributed by atoms with Gasteiger partial charge in [-0.1, -0.05) is 257 Å².